The normalized spacial score (nSPS) is 40.7. The van der Waals surface area contributed by atoms with Crippen molar-refractivity contribution in [2.24, 2.45) is 0 Å². The molecule has 3 aliphatic heterocycles. The number of ether oxygens (including phenoxy) is 1. The SMILES string of the molecule is CNC1CC2CCCC(C1)N2C1(C)CCOCC1. The number of piperidine rings is 2. The third-order valence-corrected chi connectivity index (χ3v) is 5.58. The van der Waals surface area contributed by atoms with Gasteiger partial charge in [-0.15, -0.1) is 0 Å². The summed E-state index contributed by atoms with van der Waals surface area (Å²) in [5.41, 5.74) is 0.409. The highest BCUT2D eigenvalue weighted by molar-refractivity contribution is 5.02. The first kappa shape index (κ1) is 12.9. The van der Waals surface area contributed by atoms with Crippen LogP contribution in [0.1, 0.15) is 51.9 Å². The largest absolute Gasteiger partial charge is 0.381 e. The Balaban J connectivity index is 1.78. The van der Waals surface area contributed by atoms with Gasteiger partial charge in [0.1, 0.15) is 0 Å². The molecule has 1 N–H and O–H groups in total. The number of nitrogens with one attached hydrogen (secondary N) is 1. The maximum atomic E-state index is 5.58. The summed E-state index contributed by atoms with van der Waals surface area (Å²) in [7, 11) is 2.13. The van der Waals surface area contributed by atoms with E-state index in [0.29, 0.717) is 5.54 Å². The summed E-state index contributed by atoms with van der Waals surface area (Å²) in [6.07, 6.45) is 9.41. The zero-order valence-electron chi connectivity index (χ0n) is 12.0. The lowest BCUT2D eigenvalue weighted by atomic mass is 9.76. The molecule has 0 aliphatic carbocycles. The lowest BCUT2D eigenvalue weighted by Gasteiger charge is -2.57. The number of nitrogens with zero attached hydrogens (tertiary/aromatic N) is 1. The summed E-state index contributed by atoms with van der Waals surface area (Å²) >= 11 is 0. The first-order valence-electron chi connectivity index (χ1n) is 7.76. The summed E-state index contributed by atoms with van der Waals surface area (Å²) in [6.45, 7) is 4.41. The van der Waals surface area contributed by atoms with Gasteiger partial charge in [0.25, 0.3) is 0 Å². The molecule has 2 bridgehead atoms. The molecule has 3 heteroatoms. The fourth-order valence-electron chi connectivity index (χ4n) is 4.57. The van der Waals surface area contributed by atoms with Crippen molar-refractivity contribution in [1.29, 1.82) is 0 Å². The predicted molar refractivity (Wildman–Crippen MR) is 73.8 cm³/mol. The summed E-state index contributed by atoms with van der Waals surface area (Å²) in [4.78, 5) is 2.91. The van der Waals surface area contributed by atoms with E-state index < -0.39 is 0 Å². The molecule has 0 saturated carbocycles. The van der Waals surface area contributed by atoms with Crippen LogP contribution < -0.4 is 5.32 Å². The molecule has 3 nitrogen and oxygen atoms in total. The van der Waals surface area contributed by atoms with Crippen molar-refractivity contribution in [2.75, 3.05) is 20.3 Å². The zero-order valence-corrected chi connectivity index (χ0v) is 12.0. The Kier molecular flexibility index (Phi) is 3.65. The third kappa shape index (κ3) is 2.21. The van der Waals surface area contributed by atoms with Gasteiger partial charge < -0.3 is 10.1 Å². The van der Waals surface area contributed by atoms with Crippen LogP contribution in [0, 0.1) is 0 Å². The molecule has 0 aromatic rings. The second-order valence-electron chi connectivity index (χ2n) is 6.71. The Morgan fingerprint density at radius 1 is 1.11 bits per heavy atom. The van der Waals surface area contributed by atoms with E-state index in [1.165, 1.54) is 44.9 Å². The van der Waals surface area contributed by atoms with Crippen LogP contribution in [0.15, 0.2) is 0 Å². The highest BCUT2D eigenvalue weighted by Crippen LogP contribution is 2.42. The van der Waals surface area contributed by atoms with Gasteiger partial charge >= 0.3 is 0 Å². The monoisotopic (exact) mass is 252 g/mol. The molecule has 104 valence electrons. The molecule has 3 saturated heterocycles. The van der Waals surface area contributed by atoms with Crippen molar-refractivity contribution in [3.63, 3.8) is 0 Å². The lowest BCUT2D eigenvalue weighted by molar-refractivity contribution is -0.0982. The van der Waals surface area contributed by atoms with Gasteiger partial charge in [0.05, 0.1) is 0 Å². The number of fused-ring (bicyclic) bond motifs is 2. The molecule has 0 aromatic carbocycles. The van der Waals surface area contributed by atoms with E-state index in [0.717, 1.165) is 31.3 Å². The molecular weight excluding hydrogens is 224 g/mol. The maximum absolute atomic E-state index is 5.58. The van der Waals surface area contributed by atoms with E-state index in [1.54, 1.807) is 0 Å². The summed E-state index contributed by atoms with van der Waals surface area (Å²) < 4.78 is 5.58. The number of hydrogen-bond acceptors (Lipinski definition) is 3. The van der Waals surface area contributed by atoms with Gasteiger partial charge in [-0.2, -0.15) is 0 Å². The van der Waals surface area contributed by atoms with Crippen molar-refractivity contribution in [2.45, 2.75) is 75.5 Å². The van der Waals surface area contributed by atoms with Crippen LogP contribution >= 0.6 is 0 Å². The molecule has 2 atom stereocenters. The van der Waals surface area contributed by atoms with Gasteiger partial charge in [0.2, 0.25) is 0 Å². The van der Waals surface area contributed by atoms with Gasteiger partial charge in [-0.3, -0.25) is 4.90 Å². The van der Waals surface area contributed by atoms with Crippen molar-refractivity contribution in [3.8, 4) is 0 Å². The molecule has 0 aromatic heterocycles. The molecule has 0 spiro atoms. The van der Waals surface area contributed by atoms with Crippen LogP contribution in [0.25, 0.3) is 0 Å². The van der Waals surface area contributed by atoms with Crippen molar-refractivity contribution in [3.05, 3.63) is 0 Å². The van der Waals surface area contributed by atoms with Crippen molar-refractivity contribution < 1.29 is 4.74 Å². The minimum absolute atomic E-state index is 0.409. The van der Waals surface area contributed by atoms with Crippen molar-refractivity contribution in [1.82, 2.24) is 10.2 Å². The highest BCUT2D eigenvalue weighted by Gasteiger charge is 2.46. The Morgan fingerprint density at radius 3 is 2.28 bits per heavy atom. The molecule has 0 amide bonds. The van der Waals surface area contributed by atoms with Crippen molar-refractivity contribution >= 4 is 0 Å². The standard InChI is InChI=1S/C15H28N2O/c1-15(6-8-18-9-7-15)17-13-4-3-5-14(17)11-12(10-13)16-2/h12-14,16H,3-11H2,1-2H3. The first-order chi connectivity index (χ1) is 8.73. The Labute approximate surface area is 111 Å². The van der Waals surface area contributed by atoms with Crippen LogP contribution in [0.5, 0.6) is 0 Å². The fourth-order valence-corrected chi connectivity index (χ4v) is 4.57. The average Bonchev–Trinajstić information content (AvgIpc) is 2.38. The molecule has 3 fully saturated rings. The lowest BCUT2D eigenvalue weighted by Crippen LogP contribution is -2.64. The third-order valence-electron chi connectivity index (χ3n) is 5.58. The smallest absolute Gasteiger partial charge is 0.0483 e. The Morgan fingerprint density at radius 2 is 1.72 bits per heavy atom. The van der Waals surface area contributed by atoms with Crippen LogP contribution in [0.3, 0.4) is 0 Å². The van der Waals surface area contributed by atoms with E-state index in [4.69, 9.17) is 4.74 Å². The number of rotatable bonds is 2. The van der Waals surface area contributed by atoms with Crippen LogP contribution in [-0.2, 0) is 4.74 Å². The average molecular weight is 252 g/mol. The van der Waals surface area contributed by atoms with Gasteiger partial charge in [0, 0.05) is 36.9 Å². The maximum Gasteiger partial charge on any atom is 0.0483 e. The van der Waals surface area contributed by atoms with Gasteiger partial charge in [0.15, 0.2) is 0 Å². The summed E-state index contributed by atoms with van der Waals surface area (Å²) in [5.74, 6) is 0. The molecule has 3 heterocycles. The Bertz CT molecular complexity index is 274. The van der Waals surface area contributed by atoms with E-state index in [9.17, 15) is 0 Å². The molecular formula is C15H28N2O. The second-order valence-corrected chi connectivity index (χ2v) is 6.71. The summed E-state index contributed by atoms with van der Waals surface area (Å²) in [6, 6.07) is 2.39. The predicted octanol–water partition coefficient (Wildman–Crippen LogP) is 2.16. The van der Waals surface area contributed by atoms with Gasteiger partial charge in [-0.05, 0) is 52.5 Å². The summed E-state index contributed by atoms with van der Waals surface area (Å²) in [5, 5.41) is 3.52. The molecule has 3 aliphatic rings. The zero-order chi connectivity index (χ0) is 12.6. The van der Waals surface area contributed by atoms with E-state index in [2.05, 4.69) is 24.2 Å². The first-order valence-corrected chi connectivity index (χ1v) is 7.76. The highest BCUT2D eigenvalue weighted by atomic mass is 16.5. The van der Waals surface area contributed by atoms with Gasteiger partial charge in [-0.1, -0.05) is 6.42 Å². The molecule has 3 rings (SSSR count). The fraction of sp³-hybridized carbons (Fsp3) is 1.00. The second kappa shape index (κ2) is 5.10. The quantitative estimate of drug-likeness (QED) is 0.815. The van der Waals surface area contributed by atoms with Crippen LogP contribution in [-0.4, -0.2) is 48.8 Å². The topological polar surface area (TPSA) is 24.5 Å². The Hall–Kier alpha value is -0.120. The minimum atomic E-state index is 0.409. The number of hydrogen-bond donors (Lipinski definition) is 1. The van der Waals surface area contributed by atoms with E-state index in [1.807, 2.05) is 0 Å². The van der Waals surface area contributed by atoms with Gasteiger partial charge in [-0.25, -0.2) is 0 Å². The van der Waals surface area contributed by atoms with Crippen LogP contribution in [0.2, 0.25) is 0 Å². The molecule has 2 unspecified atom stereocenters. The molecule has 18 heavy (non-hydrogen) atoms. The molecule has 0 radical (unpaired) electrons. The minimum Gasteiger partial charge on any atom is -0.381 e. The van der Waals surface area contributed by atoms with E-state index >= 15 is 0 Å². The van der Waals surface area contributed by atoms with E-state index in [-0.39, 0.29) is 0 Å². The van der Waals surface area contributed by atoms with Crippen LogP contribution in [0.4, 0.5) is 0 Å².